The van der Waals surface area contributed by atoms with Gasteiger partial charge in [-0.15, -0.1) is 0 Å². The van der Waals surface area contributed by atoms with E-state index in [0.29, 0.717) is 15.7 Å². The molecule has 2 rings (SSSR count). The summed E-state index contributed by atoms with van der Waals surface area (Å²) in [5.41, 5.74) is -0.423. The Kier molecular flexibility index (Phi) is 5.12. The summed E-state index contributed by atoms with van der Waals surface area (Å²) < 4.78 is 0. The number of nitrogens with zero attached hydrogens (tertiary/aromatic N) is 4. The van der Waals surface area contributed by atoms with E-state index in [9.17, 15) is 10.5 Å². The van der Waals surface area contributed by atoms with Gasteiger partial charge in [0.25, 0.3) is 5.54 Å². The zero-order valence-electron chi connectivity index (χ0n) is 11.4. The molecule has 0 amide bonds. The average molecular weight is 329 g/mol. The van der Waals surface area contributed by atoms with Crippen LogP contribution in [0.1, 0.15) is 5.56 Å². The Labute approximate surface area is 138 Å². The van der Waals surface area contributed by atoms with E-state index < -0.39 is 5.54 Å². The Bertz CT molecular complexity index is 756. The lowest BCUT2D eigenvalue weighted by atomic mass is 9.95. The number of hydrogen-bond acceptors (Lipinski definition) is 4. The summed E-state index contributed by atoms with van der Waals surface area (Å²) in [6.07, 6.45) is 0.116. The fraction of sp³-hybridized carbons (Fsp3) is 0.125. The van der Waals surface area contributed by atoms with Crippen molar-refractivity contribution in [2.24, 2.45) is 10.2 Å². The van der Waals surface area contributed by atoms with Crippen molar-refractivity contribution < 1.29 is 0 Å². The van der Waals surface area contributed by atoms with Crippen LogP contribution in [0, 0.1) is 22.7 Å². The first-order chi connectivity index (χ1) is 10.6. The predicted molar refractivity (Wildman–Crippen MR) is 85.1 cm³/mol. The molecule has 0 N–H and O–H groups in total. The van der Waals surface area contributed by atoms with Crippen LogP contribution in [0.3, 0.4) is 0 Å². The van der Waals surface area contributed by atoms with E-state index >= 15 is 0 Å². The Balaban J connectivity index is 2.29. The van der Waals surface area contributed by atoms with E-state index in [1.165, 1.54) is 0 Å². The SMILES string of the molecule is N#CC(C#N)(Cc1ccc(Cl)cc1)N=Nc1ccccc1Cl. The molecule has 0 heterocycles. The van der Waals surface area contributed by atoms with E-state index in [1.807, 2.05) is 12.1 Å². The number of benzene rings is 2. The Morgan fingerprint density at radius 2 is 1.59 bits per heavy atom. The molecule has 0 aliphatic heterocycles. The number of hydrogen-bond donors (Lipinski definition) is 0. The number of halogens is 2. The Hall–Kier alpha value is -2.40. The molecule has 0 fully saturated rings. The minimum atomic E-state index is -1.60. The highest BCUT2D eigenvalue weighted by molar-refractivity contribution is 6.32. The maximum Gasteiger partial charge on any atom is 0.256 e. The molecule has 0 radical (unpaired) electrons. The molecule has 0 saturated carbocycles. The lowest BCUT2D eigenvalue weighted by molar-refractivity contribution is 0.645. The van der Waals surface area contributed by atoms with Gasteiger partial charge in [-0.1, -0.05) is 47.5 Å². The van der Waals surface area contributed by atoms with Crippen molar-refractivity contribution in [2.75, 3.05) is 0 Å². The molecule has 22 heavy (non-hydrogen) atoms. The largest absolute Gasteiger partial charge is 0.256 e. The van der Waals surface area contributed by atoms with Crippen LogP contribution in [0.4, 0.5) is 5.69 Å². The van der Waals surface area contributed by atoms with Gasteiger partial charge in [0.05, 0.1) is 5.02 Å². The van der Waals surface area contributed by atoms with Crippen LogP contribution in [0.25, 0.3) is 0 Å². The highest BCUT2D eigenvalue weighted by atomic mass is 35.5. The van der Waals surface area contributed by atoms with Crippen LogP contribution < -0.4 is 0 Å². The zero-order chi connectivity index (χ0) is 16.0. The monoisotopic (exact) mass is 328 g/mol. The van der Waals surface area contributed by atoms with Gasteiger partial charge in [0, 0.05) is 11.4 Å². The Morgan fingerprint density at radius 3 is 2.18 bits per heavy atom. The second kappa shape index (κ2) is 7.04. The predicted octanol–water partition coefficient (Wildman–Crippen LogP) is 5.11. The maximum atomic E-state index is 9.35. The highest BCUT2D eigenvalue weighted by Crippen LogP contribution is 2.27. The normalized spacial score (nSPS) is 11.1. The molecule has 0 aliphatic rings. The molecule has 6 heteroatoms. The maximum absolute atomic E-state index is 9.35. The number of azo groups is 1. The van der Waals surface area contributed by atoms with Crippen molar-refractivity contribution in [1.29, 1.82) is 10.5 Å². The van der Waals surface area contributed by atoms with Gasteiger partial charge in [-0.2, -0.15) is 20.8 Å². The molecule has 108 valence electrons. The van der Waals surface area contributed by atoms with Gasteiger partial charge in [0.2, 0.25) is 0 Å². The molecular formula is C16H10Cl2N4. The van der Waals surface area contributed by atoms with Gasteiger partial charge in [0.1, 0.15) is 17.8 Å². The fourth-order valence-corrected chi connectivity index (χ4v) is 2.05. The number of nitriles is 2. The van der Waals surface area contributed by atoms with Crippen molar-refractivity contribution in [2.45, 2.75) is 12.0 Å². The molecule has 0 aliphatic carbocycles. The molecule has 2 aromatic carbocycles. The molecule has 0 unspecified atom stereocenters. The minimum Gasteiger partial charge on any atom is -0.194 e. The van der Waals surface area contributed by atoms with Gasteiger partial charge in [0.15, 0.2) is 0 Å². The molecule has 0 bridgehead atoms. The van der Waals surface area contributed by atoms with Gasteiger partial charge in [-0.3, -0.25) is 0 Å². The van der Waals surface area contributed by atoms with E-state index in [1.54, 1.807) is 48.5 Å². The average Bonchev–Trinajstić information content (AvgIpc) is 2.55. The third-order valence-corrected chi connectivity index (χ3v) is 3.50. The summed E-state index contributed by atoms with van der Waals surface area (Å²) in [6, 6.07) is 17.6. The summed E-state index contributed by atoms with van der Waals surface area (Å²) in [5.74, 6) is 0. The Morgan fingerprint density at radius 1 is 0.955 bits per heavy atom. The first-order valence-electron chi connectivity index (χ1n) is 6.33. The quantitative estimate of drug-likeness (QED) is 0.732. The van der Waals surface area contributed by atoms with Gasteiger partial charge < -0.3 is 0 Å². The number of rotatable bonds is 4. The molecule has 0 aromatic heterocycles. The van der Waals surface area contributed by atoms with Crippen molar-refractivity contribution in [3.05, 3.63) is 64.1 Å². The molecule has 0 saturated heterocycles. The van der Waals surface area contributed by atoms with Crippen LogP contribution >= 0.6 is 23.2 Å². The lowest BCUT2D eigenvalue weighted by Crippen LogP contribution is -2.24. The first-order valence-corrected chi connectivity index (χ1v) is 7.08. The van der Waals surface area contributed by atoms with E-state index in [4.69, 9.17) is 23.2 Å². The van der Waals surface area contributed by atoms with E-state index in [0.717, 1.165) is 5.56 Å². The molecular weight excluding hydrogens is 319 g/mol. The van der Waals surface area contributed by atoms with Gasteiger partial charge in [-0.25, -0.2) is 0 Å². The van der Waals surface area contributed by atoms with Crippen LogP contribution in [0.2, 0.25) is 10.0 Å². The summed E-state index contributed by atoms with van der Waals surface area (Å²) >= 11 is 11.8. The van der Waals surface area contributed by atoms with Crippen molar-refractivity contribution in [1.82, 2.24) is 0 Å². The summed E-state index contributed by atoms with van der Waals surface area (Å²) in [4.78, 5) is 0. The standard InChI is InChI=1S/C16H10Cl2N4/c17-13-7-5-12(6-8-13)9-16(10-19,11-20)22-21-15-4-2-1-3-14(15)18/h1-8H,9H2. The second-order valence-corrected chi connectivity index (χ2v) is 5.38. The summed E-state index contributed by atoms with van der Waals surface area (Å²) in [6.45, 7) is 0. The topological polar surface area (TPSA) is 72.3 Å². The smallest absolute Gasteiger partial charge is 0.194 e. The van der Waals surface area contributed by atoms with Crippen LogP contribution in [0.15, 0.2) is 58.8 Å². The summed E-state index contributed by atoms with van der Waals surface area (Å²) in [7, 11) is 0. The molecule has 2 aromatic rings. The van der Waals surface area contributed by atoms with Gasteiger partial charge in [-0.05, 0) is 29.8 Å². The highest BCUT2D eigenvalue weighted by Gasteiger charge is 2.30. The first kappa shape index (κ1) is 16.0. The molecule has 0 atom stereocenters. The fourth-order valence-electron chi connectivity index (χ4n) is 1.75. The summed E-state index contributed by atoms with van der Waals surface area (Å²) in [5, 5.41) is 27.6. The second-order valence-electron chi connectivity index (χ2n) is 4.54. The van der Waals surface area contributed by atoms with Crippen LogP contribution in [-0.2, 0) is 6.42 Å². The van der Waals surface area contributed by atoms with Crippen LogP contribution in [-0.4, -0.2) is 5.54 Å². The molecule has 4 nitrogen and oxygen atoms in total. The lowest BCUT2D eigenvalue weighted by Gasteiger charge is -2.12. The van der Waals surface area contributed by atoms with Crippen molar-refractivity contribution in [3.8, 4) is 12.1 Å². The van der Waals surface area contributed by atoms with Gasteiger partial charge >= 0.3 is 0 Å². The van der Waals surface area contributed by atoms with Crippen molar-refractivity contribution in [3.63, 3.8) is 0 Å². The van der Waals surface area contributed by atoms with Crippen molar-refractivity contribution >= 4 is 28.9 Å². The third-order valence-electron chi connectivity index (χ3n) is 2.92. The van der Waals surface area contributed by atoms with Crippen LogP contribution in [0.5, 0.6) is 0 Å². The minimum absolute atomic E-state index is 0.116. The zero-order valence-corrected chi connectivity index (χ0v) is 12.9. The third kappa shape index (κ3) is 3.83. The molecule has 0 spiro atoms. The van der Waals surface area contributed by atoms with E-state index in [2.05, 4.69) is 10.2 Å². The van der Waals surface area contributed by atoms with E-state index in [-0.39, 0.29) is 6.42 Å².